The van der Waals surface area contributed by atoms with Gasteiger partial charge in [0.25, 0.3) is 0 Å². The predicted molar refractivity (Wildman–Crippen MR) is 116 cm³/mol. The van der Waals surface area contributed by atoms with E-state index in [9.17, 15) is 14.4 Å². The van der Waals surface area contributed by atoms with Gasteiger partial charge in [0, 0.05) is 45.4 Å². The van der Waals surface area contributed by atoms with Crippen LogP contribution in [-0.2, 0) is 14.4 Å². The summed E-state index contributed by atoms with van der Waals surface area (Å²) in [5, 5.41) is 14.5. The highest BCUT2D eigenvalue weighted by Gasteiger charge is 2.04. The number of unbranched alkanes of at least 4 members (excludes halogenated alkanes) is 7. The first-order valence-corrected chi connectivity index (χ1v) is 11.5. The number of hydrogen-bond acceptors (Lipinski definition) is 5. The van der Waals surface area contributed by atoms with Gasteiger partial charge in [-0.25, -0.2) is 0 Å². The van der Waals surface area contributed by atoms with Crippen LogP contribution in [0.1, 0.15) is 96.3 Å². The molecule has 0 bridgehead atoms. The summed E-state index contributed by atoms with van der Waals surface area (Å²) < 4.78 is 0. The number of nitrogens with two attached hydrogens (primary N) is 1. The lowest BCUT2D eigenvalue weighted by Gasteiger charge is -2.07. The fourth-order valence-electron chi connectivity index (χ4n) is 3.01. The predicted octanol–water partition coefficient (Wildman–Crippen LogP) is 2.59. The Hall–Kier alpha value is -1.47. The van der Waals surface area contributed by atoms with Gasteiger partial charge in [0.15, 0.2) is 0 Å². The van der Waals surface area contributed by atoms with Gasteiger partial charge in [-0.1, -0.05) is 19.3 Å². The second-order valence-corrected chi connectivity index (χ2v) is 7.64. The summed E-state index contributed by atoms with van der Waals surface area (Å²) in [7, 11) is 0. The van der Waals surface area contributed by atoms with Gasteiger partial charge in [-0.3, -0.25) is 14.4 Å². The molecule has 0 saturated heterocycles. The second-order valence-electron chi connectivity index (χ2n) is 7.64. The number of amides is 2. The molecule has 0 unspecified atom stereocenters. The van der Waals surface area contributed by atoms with Gasteiger partial charge in [0.2, 0.25) is 11.8 Å². The molecule has 0 aliphatic carbocycles. The molecule has 2 amide bonds. The molecular weight excluding hydrogens is 370 g/mol. The minimum absolute atomic E-state index is 0.0639. The molecule has 0 spiro atoms. The van der Waals surface area contributed by atoms with Crippen LogP contribution < -0.4 is 16.4 Å². The second kappa shape index (κ2) is 21.2. The van der Waals surface area contributed by atoms with Crippen LogP contribution in [0.15, 0.2) is 0 Å². The lowest BCUT2D eigenvalue weighted by molar-refractivity contribution is -0.122. The van der Waals surface area contributed by atoms with Crippen molar-refractivity contribution >= 4 is 17.6 Å². The summed E-state index contributed by atoms with van der Waals surface area (Å²) in [5.74, 6) is 0.429. The van der Waals surface area contributed by atoms with Gasteiger partial charge in [-0.15, -0.1) is 0 Å². The average molecular weight is 414 g/mol. The molecule has 0 aliphatic heterocycles. The summed E-state index contributed by atoms with van der Waals surface area (Å²) in [6.45, 7) is 2.22. The lowest BCUT2D eigenvalue weighted by atomic mass is 10.1. The fraction of sp³-hybridized carbons (Fsp3) is 0.864. The maximum Gasteiger partial charge on any atom is 0.219 e. The molecular formula is C22H43N3O4. The summed E-state index contributed by atoms with van der Waals surface area (Å²) in [6.07, 6.45) is 12.0. The van der Waals surface area contributed by atoms with Crippen LogP contribution in [0.25, 0.3) is 0 Å². The van der Waals surface area contributed by atoms with Crippen molar-refractivity contribution in [2.45, 2.75) is 96.3 Å². The molecule has 0 aromatic rings. The highest BCUT2D eigenvalue weighted by Crippen LogP contribution is 2.05. The quantitative estimate of drug-likeness (QED) is 0.216. The molecule has 0 aromatic heterocycles. The molecule has 170 valence electrons. The van der Waals surface area contributed by atoms with E-state index in [-0.39, 0.29) is 24.2 Å². The van der Waals surface area contributed by atoms with Gasteiger partial charge in [-0.05, 0) is 57.9 Å². The van der Waals surface area contributed by atoms with E-state index in [0.717, 1.165) is 70.6 Å². The van der Waals surface area contributed by atoms with Gasteiger partial charge < -0.3 is 21.5 Å². The third-order valence-electron chi connectivity index (χ3n) is 4.83. The van der Waals surface area contributed by atoms with Gasteiger partial charge in [-0.2, -0.15) is 0 Å². The summed E-state index contributed by atoms with van der Waals surface area (Å²) in [5.41, 5.74) is 5.41. The van der Waals surface area contributed by atoms with E-state index in [1.54, 1.807) is 0 Å². The molecule has 29 heavy (non-hydrogen) atoms. The van der Waals surface area contributed by atoms with E-state index in [1.165, 1.54) is 0 Å². The third-order valence-corrected chi connectivity index (χ3v) is 4.83. The number of Topliss-reactive ketones (excluding diaryl/α,β-unsaturated/α-hetero) is 1. The molecule has 7 nitrogen and oxygen atoms in total. The zero-order chi connectivity index (χ0) is 21.6. The number of aliphatic hydroxyl groups is 1. The zero-order valence-corrected chi connectivity index (χ0v) is 18.2. The summed E-state index contributed by atoms with van der Waals surface area (Å²) in [4.78, 5) is 35.0. The molecule has 0 radical (unpaired) electrons. The molecule has 0 aliphatic rings. The highest BCUT2D eigenvalue weighted by molar-refractivity contribution is 5.78. The Bertz CT molecular complexity index is 430. The number of carbonyl (C=O) groups excluding carboxylic acids is 3. The average Bonchev–Trinajstić information content (AvgIpc) is 2.70. The maximum atomic E-state index is 11.8. The minimum Gasteiger partial charge on any atom is -0.396 e. The van der Waals surface area contributed by atoms with Crippen molar-refractivity contribution in [2.24, 2.45) is 5.73 Å². The van der Waals surface area contributed by atoms with Crippen LogP contribution in [0, 0.1) is 0 Å². The van der Waals surface area contributed by atoms with Crippen LogP contribution >= 0.6 is 0 Å². The van der Waals surface area contributed by atoms with Crippen LogP contribution in [0.5, 0.6) is 0 Å². The first-order valence-electron chi connectivity index (χ1n) is 11.5. The molecule has 0 heterocycles. The Morgan fingerprint density at radius 1 is 0.586 bits per heavy atom. The van der Waals surface area contributed by atoms with Crippen LogP contribution in [0.4, 0.5) is 0 Å². The molecule has 0 rings (SSSR count). The van der Waals surface area contributed by atoms with Gasteiger partial charge in [0.1, 0.15) is 5.78 Å². The standard InChI is InChI=1S/C22H43N3O4/c23-16-8-7-13-20(27)12-5-6-15-22(29)25-18-10-2-1-9-17-24-21(28)14-4-3-11-19-26/h26H,1-19,23H2,(H,24,28)(H,25,29). The summed E-state index contributed by atoms with van der Waals surface area (Å²) in [6, 6.07) is 0. The lowest BCUT2D eigenvalue weighted by Crippen LogP contribution is -2.24. The first-order chi connectivity index (χ1) is 14.1. The number of ketones is 1. The zero-order valence-electron chi connectivity index (χ0n) is 18.2. The SMILES string of the molecule is NCCCCC(=O)CCCCC(=O)NCCCCCCNC(=O)CCCCCO. The molecule has 0 saturated carbocycles. The van der Waals surface area contributed by atoms with E-state index in [1.807, 2.05) is 0 Å². The van der Waals surface area contributed by atoms with Crippen molar-refractivity contribution in [3.8, 4) is 0 Å². The van der Waals surface area contributed by atoms with Crippen molar-refractivity contribution < 1.29 is 19.5 Å². The Morgan fingerprint density at radius 2 is 1.03 bits per heavy atom. The number of rotatable bonds is 21. The molecule has 0 atom stereocenters. The van der Waals surface area contributed by atoms with Crippen molar-refractivity contribution in [2.75, 3.05) is 26.2 Å². The smallest absolute Gasteiger partial charge is 0.219 e. The van der Waals surface area contributed by atoms with Crippen molar-refractivity contribution in [1.29, 1.82) is 0 Å². The normalized spacial score (nSPS) is 10.7. The molecule has 5 N–H and O–H groups in total. The monoisotopic (exact) mass is 413 g/mol. The van der Waals surface area contributed by atoms with Crippen molar-refractivity contribution in [3.63, 3.8) is 0 Å². The number of hydrogen-bond donors (Lipinski definition) is 4. The number of aliphatic hydroxyl groups excluding tert-OH is 1. The third kappa shape index (κ3) is 21.1. The maximum absolute atomic E-state index is 11.8. The van der Waals surface area contributed by atoms with E-state index in [0.29, 0.717) is 45.3 Å². The largest absolute Gasteiger partial charge is 0.396 e. The van der Waals surface area contributed by atoms with E-state index < -0.39 is 0 Å². The first kappa shape index (κ1) is 27.5. The van der Waals surface area contributed by atoms with Crippen LogP contribution in [-0.4, -0.2) is 48.9 Å². The Morgan fingerprint density at radius 3 is 1.55 bits per heavy atom. The fourth-order valence-corrected chi connectivity index (χ4v) is 3.01. The van der Waals surface area contributed by atoms with Crippen LogP contribution in [0.2, 0.25) is 0 Å². The Balaban J connectivity index is 3.35. The van der Waals surface area contributed by atoms with E-state index in [4.69, 9.17) is 10.8 Å². The Labute approximate surface area is 176 Å². The highest BCUT2D eigenvalue weighted by atomic mass is 16.3. The van der Waals surface area contributed by atoms with Crippen molar-refractivity contribution in [1.82, 2.24) is 10.6 Å². The molecule has 0 aromatic carbocycles. The minimum atomic E-state index is 0.0639. The number of carbonyl (C=O) groups is 3. The Kier molecular flexibility index (Phi) is 20.2. The number of nitrogens with one attached hydrogen (secondary N) is 2. The molecule has 0 fully saturated rings. The van der Waals surface area contributed by atoms with E-state index in [2.05, 4.69) is 10.6 Å². The summed E-state index contributed by atoms with van der Waals surface area (Å²) >= 11 is 0. The van der Waals surface area contributed by atoms with Gasteiger partial charge >= 0.3 is 0 Å². The van der Waals surface area contributed by atoms with Crippen molar-refractivity contribution in [3.05, 3.63) is 0 Å². The van der Waals surface area contributed by atoms with E-state index >= 15 is 0 Å². The van der Waals surface area contributed by atoms with Crippen LogP contribution in [0.3, 0.4) is 0 Å². The van der Waals surface area contributed by atoms with Gasteiger partial charge in [0.05, 0.1) is 0 Å². The topological polar surface area (TPSA) is 122 Å². The molecule has 7 heteroatoms.